The number of nitrogens with one attached hydrogen (secondary N) is 1. The maximum Gasteiger partial charge on any atom is 0.244 e. The lowest BCUT2D eigenvalue weighted by Crippen LogP contribution is -2.53. The molecule has 9 heteroatoms. The second-order valence-corrected chi connectivity index (χ2v) is 12.0. The number of anilines is 1. The van der Waals surface area contributed by atoms with Gasteiger partial charge in [0.2, 0.25) is 21.8 Å². The number of hydrogen-bond acceptors (Lipinski definition) is 4. The second-order valence-electron chi connectivity index (χ2n) is 9.62. The number of amides is 2. The van der Waals surface area contributed by atoms with Crippen molar-refractivity contribution < 1.29 is 18.0 Å². The van der Waals surface area contributed by atoms with Crippen molar-refractivity contribution in [2.45, 2.75) is 71.5 Å². The van der Waals surface area contributed by atoms with E-state index in [0.717, 1.165) is 47.4 Å². The van der Waals surface area contributed by atoms with Crippen LogP contribution in [0, 0.1) is 13.8 Å². The molecule has 36 heavy (non-hydrogen) atoms. The summed E-state index contributed by atoms with van der Waals surface area (Å²) in [4.78, 5) is 28.6. The van der Waals surface area contributed by atoms with E-state index in [4.69, 9.17) is 11.6 Å². The van der Waals surface area contributed by atoms with E-state index >= 15 is 0 Å². The van der Waals surface area contributed by atoms with Gasteiger partial charge < -0.3 is 10.2 Å². The van der Waals surface area contributed by atoms with Crippen LogP contribution in [0.4, 0.5) is 5.69 Å². The van der Waals surface area contributed by atoms with Crippen molar-refractivity contribution in [1.29, 1.82) is 0 Å². The largest absolute Gasteiger partial charge is 0.352 e. The molecule has 0 aromatic heterocycles. The lowest BCUT2D eigenvalue weighted by atomic mass is 10.1. The zero-order valence-corrected chi connectivity index (χ0v) is 23.0. The molecule has 0 aliphatic heterocycles. The third-order valence-corrected chi connectivity index (χ3v) is 8.04. The average molecular weight is 534 g/mol. The molecule has 1 aliphatic carbocycles. The van der Waals surface area contributed by atoms with Crippen molar-refractivity contribution in [2.24, 2.45) is 0 Å². The first-order chi connectivity index (χ1) is 17.0. The summed E-state index contributed by atoms with van der Waals surface area (Å²) in [6.07, 6.45) is 5.50. The minimum absolute atomic E-state index is 0.115. The minimum Gasteiger partial charge on any atom is -0.352 e. The molecule has 1 fully saturated rings. The summed E-state index contributed by atoms with van der Waals surface area (Å²) in [5, 5.41) is 3.48. The van der Waals surface area contributed by atoms with Crippen LogP contribution in [0.25, 0.3) is 0 Å². The van der Waals surface area contributed by atoms with Gasteiger partial charge in [-0.1, -0.05) is 67.3 Å². The molecule has 1 saturated carbocycles. The topological polar surface area (TPSA) is 86.8 Å². The van der Waals surface area contributed by atoms with E-state index in [-0.39, 0.29) is 18.5 Å². The monoisotopic (exact) mass is 533 g/mol. The van der Waals surface area contributed by atoms with E-state index in [1.807, 2.05) is 38.1 Å². The number of carbonyl (C=O) groups is 2. The molecule has 7 nitrogen and oxygen atoms in total. The summed E-state index contributed by atoms with van der Waals surface area (Å²) in [7, 11) is -3.81. The maximum atomic E-state index is 13.8. The number of benzene rings is 2. The van der Waals surface area contributed by atoms with Gasteiger partial charge in [0.1, 0.15) is 12.6 Å². The lowest BCUT2D eigenvalue weighted by molar-refractivity contribution is -0.140. The summed E-state index contributed by atoms with van der Waals surface area (Å²) < 4.78 is 26.6. The Hall–Kier alpha value is -2.58. The molecule has 196 valence electrons. The molecule has 0 radical (unpaired) electrons. The van der Waals surface area contributed by atoms with Crippen molar-refractivity contribution in [3.8, 4) is 0 Å². The highest BCUT2D eigenvalue weighted by Crippen LogP contribution is 2.27. The van der Waals surface area contributed by atoms with Gasteiger partial charge >= 0.3 is 0 Å². The molecular weight excluding hydrogens is 498 g/mol. The normalized spacial score (nSPS) is 14.9. The molecule has 1 N–H and O–H groups in total. The van der Waals surface area contributed by atoms with Crippen LogP contribution < -0.4 is 9.62 Å². The number of aryl methyl sites for hydroxylation is 2. The molecule has 1 aliphatic rings. The Morgan fingerprint density at radius 2 is 1.72 bits per heavy atom. The predicted molar refractivity (Wildman–Crippen MR) is 145 cm³/mol. The standard InChI is InChI=1S/C27H36ClN3O4S/c1-5-24(27(33)29-23-8-6-7-9-23)30(17-21-13-10-19(2)11-14-21)26(32)18-31(36(4,34)35)25-16-22(28)15-12-20(25)3/h10-16,23-24H,5-9,17-18H2,1-4H3,(H,29,33). The Bertz CT molecular complexity index is 1180. The van der Waals surface area contributed by atoms with Crippen LogP contribution in [0.3, 0.4) is 0 Å². The fourth-order valence-corrected chi connectivity index (χ4v) is 5.69. The van der Waals surface area contributed by atoms with Crippen LogP contribution in [0.1, 0.15) is 55.7 Å². The van der Waals surface area contributed by atoms with Crippen LogP contribution in [0.2, 0.25) is 5.02 Å². The minimum atomic E-state index is -3.81. The van der Waals surface area contributed by atoms with Crippen LogP contribution in [-0.2, 0) is 26.2 Å². The summed E-state index contributed by atoms with van der Waals surface area (Å²) in [5.41, 5.74) is 2.97. The van der Waals surface area contributed by atoms with Gasteiger partial charge in [-0.15, -0.1) is 0 Å². The summed E-state index contributed by atoms with van der Waals surface area (Å²) >= 11 is 6.16. The van der Waals surface area contributed by atoms with E-state index < -0.39 is 28.5 Å². The molecule has 0 heterocycles. The summed E-state index contributed by atoms with van der Waals surface area (Å²) in [6.45, 7) is 5.38. The van der Waals surface area contributed by atoms with Crippen LogP contribution in [-0.4, -0.2) is 50.0 Å². The third-order valence-electron chi connectivity index (χ3n) is 6.68. The molecule has 3 rings (SSSR count). The first-order valence-electron chi connectivity index (χ1n) is 12.4. The average Bonchev–Trinajstić information content (AvgIpc) is 3.32. The second kappa shape index (κ2) is 12.1. The fraction of sp³-hybridized carbons (Fsp3) is 0.481. The Kier molecular flexibility index (Phi) is 9.41. The van der Waals surface area contributed by atoms with Gasteiger partial charge in [0, 0.05) is 17.6 Å². The van der Waals surface area contributed by atoms with E-state index in [1.165, 1.54) is 4.90 Å². The van der Waals surface area contributed by atoms with Gasteiger partial charge in [0.15, 0.2) is 0 Å². The summed E-state index contributed by atoms with van der Waals surface area (Å²) in [5.74, 6) is -0.650. The Labute approximate surface area is 219 Å². The first-order valence-corrected chi connectivity index (χ1v) is 14.6. The Morgan fingerprint density at radius 3 is 2.31 bits per heavy atom. The van der Waals surface area contributed by atoms with Crippen LogP contribution in [0.5, 0.6) is 0 Å². The zero-order chi connectivity index (χ0) is 26.5. The molecule has 0 spiro atoms. The molecule has 2 aromatic rings. The van der Waals surface area contributed by atoms with Gasteiger partial charge in [-0.3, -0.25) is 13.9 Å². The van der Waals surface area contributed by atoms with Gasteiger partial charge in [-0.05, 0) is 56.4 Å². The first kappa shape index (κ1) is 28.0. The number of sulfonamides is 1. The van der Waals surface area contributed by atoms with Gasteiger partial charge in [0.05, 0.1) is 11.9 Å². The number of carbonyl (C=O) groups excluding carboxylic acids is 2. The molecule has 2 aromatic carbocycles. The predicted octanol–water partition coefficient (Wildman–Crippen LogP) is 4.59. The third kappa shape index (κ3) is 7.23. The van der Waals surface area contributed by atoms with Crippen molar-refractivity contribution in [1.82, 2.24) is 10.2 Å². The van der Waals surface area contributed by atoms with Crippen LogP contribution in [0.15, 0.2) is 42.5 Å². The maximum absolute atomic E-state index is 13.8. The lowest BCUT2D eigenvalue weighted by Gasteiger charge is -2.33. The molecular formula is C27H36ClN3O4S. The highest BCUT2D eigenvalue weighted by atomic mass is 35.5. The van der Waals surface area contributed by atoms with Crippen molar-refractivity contribution in [3.63, 3.8) is 0 Å². The Morgan fingerprint density at radius 1 is 1.08 bits per heavy atom. The molecule has 1 atom stereocenters. The number of nitrogens with zero attached hydrogens (tertiary/aromatic N) is 2. The highest BCUT2D eigenvalue weighted by Gasteiger charge is 2.33. The van der Waals surface area contributed by atoms with Gasteiger partial charge in [-0.25, -0.2) is 8.42 Å². The fourth-order valence-electron chi connectivity index (χ4n) is 4.62. The van der Waals surface area contributed by atoms with Crippen LogP contribution >= 0.6 is 11.6 Å². The smallest absolute Gasteiger partial charge is 0.244 e. The van der Waals surface area contributed by atoms with E-state index in [2.05, 4.69) is 5.32 Å². The van der Waals surface area contributed by atoms with Crippen molar-refractivity contribution in [2.75, 3.05) is 17.1 Å². The number of rotatable bonds is 10. The molecule has 0 saturated heterocycles. The summed E-state index contributed by atoms with van der Waals surface area (Å²) in [6, 6.07) is 12.1. The van der Waals surface area contributed by atoms with E-state index in [9.17, 15) is 18.0 Å². The van der Waals surface area contributed by atoms with E-state index in [1.54, 1.807) is 25.1 Å². The molecule has 0 bridgehead atoms. The van der Waals surface area contributed by atoms with Gasteiger partial charge in [0.25, 0.3) is 0 Å². The number of hydrogen-bond donors (Lipinski definition) is 1. The quantitative estimate of drug-likeness (QED) is 0.484. The van der Waals surface area contributed by atoms with Gasteiger partial charge in [-0.2, -0.15) is 0 Å². The molecule has 2 amide bonds. The molecule has 1 unspecified atom stereocenters. The highest BCUT2D eigenvalue weighted by molar-refractivity contribution is 7.92. The van der Waals surface area contributed by atoms with Crippen molar-refractivity contribution in [3.05, 3.63) is 64.2 Å². The van der Waals surface area contributed by atoms with Crippen molar-refractivity contribution >= 4 is 39.1 Å². The number of halogens is 1. The SMILES string of the molecule is CCC(C(=O)NC1CCCC1)N(Cc1ccc(C)cc1)C(=O)CN(c1cc(Cl)ccc1C)S(C)(=O)=O. The van der Waals surface area contributed by atoms with E-state index in [0.29, 0.717) is 22.7 Å². The zero-order valence-electron chi connectivity index (χ0n) is 21.5. The Balaban J connectivity index is 1.94.